The van der Waals surface area contributed by atoms with E-state index in [9.17, 15) is 0 Å². The number of para-hydroxylation sites is 1. The molecular formula is C64H47N4Si. The third kappa shape index (κ3) is 7.32. The van der Waals surface area contributed by atoms with Gasteiger partial charge >= 0.3 is 0 Å². The molecular weight excluding hydrogens is 853 g/mol. The van der Waals surface area contributed by atoms with Crippen LogP contribution in [0.3, 0.4) is 0 Å². The third-order valence-corrected chi connectivity index (χ3v) is 16.4. The highest BCUT2D eigenvalue weighted by Gasteiger charge is 2.47. The number of hydrogen-bond donors (Lipinski definition) is 1. The molecule has 1 unspecified atom stereocenters. The number of aromatic nitrogens is 1. The van der Waals surface area contributed by atoms with Gasteiger partial charge in [-0.3, -0.25) is 4.99 Å². The molecule has 0 saturated heterocycles. The van der Waals surface area contributed by atoms with Crippen LogP contribution in [0.25, 0.3) is 38.6 Å². The van der Waals surface area contributed by atoms with E-state index in [0.717, 1.165) is 33.4 Å². The number of benzene rings is 10. The number of hydrogen-bond acceptors (Lipinski definition) is 2. The summed E-state index contributed by atoms with van der Waals surface area (Å²) in [6, 6.07) is 93.6. The van der Waals surface area contributed by atoms with Gasteiger partial charge in [-0.2, -0.15) is 0 Å². The normalized spacial score (nSPS) is 13.5. The molecule has 4 nitrogen and oxygen atoms in total. The molecule has 0 spiro atoms. The average Bonchev–Trinajstić information content (AvgIpc) is 3.92. The van der Waals surface area contributed by atoms with Gasteiger partial charge in [0, 0.05) is 28.2 Å². The zero-order chi connectivity index (χ0) is 46.2. The lowest BCUT2D eigenvalue weighted by Gasteiger charge is -2.33. The predicted octanol–water partition coefficient (Wildman–Crippen LogP) is 12.2. The first kappa shape index (κ1) is 41.8. The van der Waals surface area contributed by atoms with E-state index >= 15 is 0 Å². The number of amidine groups is 1. The molecule has 10 aromatic carbocycles. The minimum absolute atomic E-state index is 0.446. The van der Waals surface area contributed by atoms with Gasteiger partial charge in [-0.05, 0) is 74.0 Å². The molecule has 12 rings (SSSR count). The lowest BCUT2D eigenvalue weighted by Crippen LogP contribution is -2.52. The van der Waals surface area contributed by atoms with Crippen molar-refractivity contribution in [2.45, 2.75) is 11.6 Å². The number of nitrogens with two attached hydrogens (primary N) is 1. The average molecular weight is 900 g/mol. The first-order chi connectivity index (χ1) is 34.2. The van der Waals surface area contributed by atoms with E-state index in [1.54, 1.807) is 0 Å². The van der Waals surface area contributed by atoms with Crippen molar-refractivity contribution in [3.8, 4) is 16.8 Å². The fourth-order valence-corrected chi connectivity index (χ4v) is 13.4. The van der Waals surface area contributed by atoms with Gasteiger partial charge in [0.15, 0.2) is 15.0 Å². The van der Waals surface area contributed by atoms with E-state index in [-0.39, 0.29) is 0 Å². The standard InChI is InChI=1S/C64H47N4Si/c65-62(47-25-21-35-53(43-47)69(51-31-12-4-13-32-51)52-33-14-5-15-34-52)67-63(46-23-6-1-7-24-46)66-44-45-22-20-30-50(42-45)68-58-39-19-17-37-55(58)61-59(68)41-40-57-60(61)54-36-16-18-38-56(54)64(57,48-26-8-2-9-27-48)49-28-10-3-11-29-49/h1-44,63H,(H2,65,67). The van der Waals surface area contributed by atoms with Crippen LogP contribution in [0.1, 0.15) is 45.1 Å². The maximum Gasteiger partial charge on any atom is 0.167 e. The molecule has 1 aliphatic rings. The van der Waals surface area contributed by atoms with Gasteiger partial charge in [0.05, 0.1) is 16.4 Å². The van der Waals surface area contributed by atoms with E-state index in [2.05, 4.69) is 247 Å². The molecule has 2 N–H and O–H groups in total. The monoisotopic (exact) mass is 899 g/mol. The Labute approximate surface area is 404 Å². The minimum atomic E-state index is -1.29. The molecule has 5 heteroatoms. The molecule has 69 heavy (non-hydrogen) atoms. The predicted molar refractivity (Wildman–Crippen MR) is 290 cm³/mol. The minimum Gasteiger partial charge on any atom is -0.383 e. The van der Waals surface area contributed by atoms with Crippen molar-refractivity contribution < 1.29 is 0 Å². The molecule has 327 valence electrons. The van der Waals surface area contributed by atoms with Gasteiger partial charge in [0.1, 0.15) is 5.84 Å². The Hall–Kier alpha value is -8.64. The quantitative estimate of drug-likeness (QED) is 0.0598. The molecule has 0 aliphatic heterocycles. The van der Waals surface area contributed by atoms with Crippen molar-refractivity contribution in [1.82, 2.24) is 4.57 Å². The van der Waals surface area contributed by atoms with E-state index < -0.39 is 20.4 Å². The summed E-state index contributed by atoms with van der Waals surface area (Å²) in [4.78, 5) is 10.3. The second kappa shape index (κ2) is 17.9. The fraction of sp³-hybridized carbons (Fsp3) is 0.0312. The third-order valence-electron chi connectivity index (χ3n) is 13.7. The van der Waals surface area contributed by atoms with Crippen molar-refractivity contribution >= 4 is 58.2 Å². The number of rotatable bonds is 11. The Balaban J connectivity index is 0.952. The highest BCUT2D eigenvalue weighted by molar-refractivity contribution is 6.95. The molecule has 0 amide bonds. The van der Waals surface area contributed by atoms with Gasteiger partial charge in [-0.15, -0.1) is 0 Å². The Morgan fingerprint density at radius 3 is 1.77 bits per heavy atom. The summed E-state index contributed by atoms with van der Waals surface area (Å²) < 4.78 is 2.41. The maximum absolute atomic E-state index is 6.98. The SMILES string of the molecule is NC(=NC(N=Cc1cccc(-n2c3ccccc3c3c4c(ccc32)C(c2ccccc2)(c2ccccc2)c2ccccc2-4)c1)c1ccccc1)c1cccc([Si](c2ccccc2)c2ccccc2)c1. The molecule has 0 fully saturated rings. The van der Waals surface area contributed by atoms with Crippen molar-refractivity contribution in [3.05, 3.63) is 300 Å². The second-order valence-corrected chi connectivity index (χ2v) is 20.1. The zero-order valence-electron chi connectivity index (χ0n) is 37.9. The largest absolute Gasteiger partial charge is 0.383 e. The van der Waals surface area contributed by atoms with Crippen LogP contribution in [-0.2, 0) is 5.41 Å². The van der Waals surface area contributed by atoms with E-state index in [1.807, 2.05) is 24.4 Å². The molecule has 1 aromatic heterocycles. The Bertz CT molecular complexity index is 3600. The number of fused-ring (bicyclic) bond motifs is 7. The van der Waals surface area contributed by atoms with Gasteiger partial charge < -0.3 is 10.3 Å². The number of nitrogens with zero attached hydrogens (tertiary/aromatic N) is 3. The summed E-state index contributed by atoms with van der Waals surface area (Å²) >= 11 is 0. The molecule has 0 bridgehead atoms. The van der Waals surface area contributed by atoms with Gasteiger partial charge in [-0.1, -0.05) is 247 Å². The first-order valence-corrected chi connectivity index (χ1v) is 25.0. The van der Waals surface area contributed by atoms with E-state index in [0.29, 0.717) is 5.84 Å². The molecule has 11 aromatic rings. The summed E-state index contributed by atoms with van der Waals surface area (Å²) in [7, 11) is -1.29. The Morgan fingerprint density at radius 2 is 1.07 bits per heavy atom. The van der Waals surface area contributed by atoms with Crippen LogP contribution in [0.15, 0.2) is 271 Å². The van der Waals surface area contributed by atoms with Crippen molar-refractivity contribution in [2.75, 3.05) is 0 Å². The van der Waals surface area contributed by atoms with Gasteiger partial charge in [0.2, 0.25) is 0 Å². The zero-order valence-corrected chi connectivity index (χ0v) is 38.9. The van der Waals surface area contributed by atoms with Crippen LogP contribution >= 0.6 is 0 Å². The summed E-state index contributed by atoms with van der Waals surface area (Å²) in [6.45, 7) is 0. The van der Waals surface area contributed by atoms with Crippen LogP contribution < -0.4 is 21.3 Å². The molecule has 1 radical (unpaired) electrons. The van der Waals surface area contributed by atoms with Gasteiger partial charge in [-0.25, -0.2) is 4.99 Å². The maximum atomic E-state index is 6.98. The lowest BCUT2D eigenvalue weighted by atomic mass is 9.67. The summed E-state index contributed by atoms with van der Waals surface area (Å²) in [5.74, 6) is 0.446. The van der Waals surface area contributed by atoms with Crippen LogP contribution in [0.2, 0.25) is 0 Å². The Morgan fingerprint density at radius 1 is 0.493 bits per heavy atom. The van der Waals surface area contributed by atoms with E-state index in [1.165, 1.54) is 59.7 Å². The van der Waals surface area contributed by atoms with Crippen LogP contribution in [0.4, 0.5) is 0 Å². The van der Waals surface area contributed by atoms with Crippen molar-refractivity contribution in [3.63, 3.8) is 0 Å². The van der Waals surface area contributed by atoms with Crippen LogP contribution in [0, 0.1) is 0 Å². The summed E-state index contributed by atoms with van der Waals surface area (Å²) in [5, 5.41) is 6.35. The highest BCUT2D eigenvalue weighted by Crippen LogP contribution is 2.58. The topological polar surface area (TPSA) is 55.7 Å². The highest BCUT2D eigenvalue weighted by atomic mass is 28.3. The molecule has 1 heterocycles. The van der Waals surface area contributed by atoms with Crippen molar-refractivity contribution in [1.29, 1.82) is 0 Å². The van der Waals surface area contributed by atoms with E-state index in [4.69, 9.17) is 15.7 Å². The summed E-state index contributed by atoms with van der Waals surface area (Å²) in [5.41, 5.74) is 20.3. The van der Waals surface area contributed by atoms with Crippen LogP contribution in [-0.4, -0.2) is 25.4 Å². The van der Waals surface area contributed by atoms with Gasteiger partial charge in [0.25, 0.3) is 0 Å². The smallest absolute Gasteiger partial charge is 0.167 e. The van der Waals surface area contributed by atoms with Crippen molar-refractivity contribution in [2.24, 2.45) is 15.7 Å². The molecule has 1 aliphatic carbocycles. The Kier molecular flexibility index (Phi) is 10.8. The lowest BCUT2D eigenvalue weighted by molar-refractivity contribution is 0.769. The first-order valence-electron chi connectivity index (χ1n) is 23.5. The molecule has 1 atom stereocenters. The fourth-order valence-electron chi connectivity index (χ4n) is 10.7. The summed E-state index contributed by atoms with van der Waals surface area (Å²) in [6.07, 6.45) is 1.38. The van der Waals surface area contributed by atoms with Crippen LogP contribution in [0.5, 0.6) is 0 Å². The molecule has 0 saturated carbocycles. The number of aliphatic imine (C=N–C) groups is 2. The second-order valence-electron chi connectivity index (χ2n) is 17.6.